The third-order valence-electron chi connectivity index (χ3n) is 2.26. The van der Waals surface area contributed by atoms with Crippen LogP contribution in [0.1, 0.15) is 25.3 Å². The quantitative estimate of drug-likeness (QED) is 0.754. The van der Waals surface area contributed by atoms with Crippen molar-refractivity contribution in [3.8, 4) is 0 Å². The summed E-state index contributed by atoms with van der Waals surface area (Å²) in [4.78, 5) is 1.35. The molecular formula is C12H19NS. The minimum absolute atomic E-state index is 0.332. The van der Waals surface area contributed by atoms with Crippen molar-refractivity contribution in [1.29, 1.82) is 0 Å². The molecule has 0 aliphatic heterocycles. The zero-order valence-electron chi connectivity index (χ0n) is 8.99. The number of rotatable bonds is 5. The maximum atomic E-state index is 5.71. The Balaban J connectivity index is 2.42. The Morgan fingerprint density at radius 1 is 1.43 bits per heavy atom. The van der Waals surface area contributed by atoms with E-state index in [2.05, 4.69) is 37.4 Å². The highest BCUT2D eigenvalue weighted by atomic mass is 32.2. The largest absolute Gasteiger partial charge is 0.328 e. The summed E-state index contributed by atoms with van der Waals surface area (Å²) in [5, 5.41) is 0. The summed E-state index contributed by atoms with van der Waals surface area (Å²) in [6.07, 6.45) is 5.57. The molecule has 2 heteroatoms. The summed E-state index contributed by atoms with van der Waals surface area (Å²) >= 11 is 1.80. The lowest BCUT2D eigenvalue weighted by molar-refractivity contribution is 0.624. The van der Waals surface area contributed by atoms with Gasteiger partial charge < -0.3 is 5.73 Å². The van der Waals surface area contributed by atoms with Crippen molar-refractivity contribution in [2.24, 2.45) is 5.73 Å². The van der Waals surface area contributed by atoms with E-state index in [-0.39, 0.29) is 0 Å². The second kappa shape index (κ2) is 6.10. The summed E-state index contributed by atoms with van der Waals surface area (Å²) in [7, 11) is 0. The zero-order chi connectivity index (χ0) is 10.4. The van der Waals surface area contributed by atoms with Crippen LogP contribution in [0.5, 0.6) is 0 Å². The minimum Gasteiger partial charge on any atom is -0.328 e. The molecule has 0 bridgehead atoms. The van der Waals surface area contributed by atoms with E-state index in [4.69, 9.17) is 5.73 Å². The Morgan fingerprint density at radius 2 is 2.21 bits per heavy atom. The molecule has 0 aliphatic rings. The SMILES string of the molecule is CSc1cccc(CCCC(C)N)c1. The molecule has 0 spiro atoms. The van der Waals surface area contributed by atoms with Crippen LogP contribution in [0, 0.1) is 0 Å². The van der Waals surface area contributed by atoms with E-state index < -0.39 is 0 Å². The van der Waals surface area contributed by atoms with Crippen LogP contribution in [0.4, 0.5) is 0 Å². The normalized spacial score (nSPS) is 12.8. The highest BCUT2D eigenvalue weighted by molar-refractivity contribution is 7.98. The Kier molecular flexibility index (Phi) is 5.05. The Bertz CT molecular complexity index is 271. The van der Waals surface area contributed by atoms with Crippen LogP contribution in [-0.2, 0) is 6.42 Å². The molecule has 2 N–H and O–H groups in total. The number of hydrogen-bond acceptors (Lipinski definition) is 2. The molecule has 0 radical (unpaired) electrons. The lowest BCUT2D eigenvalue weighted by Crippen LogP contribution is -2.14. The molecule has 0 heterocycles. The fraction of sp³-hybridized carbons (Fsp3) is 0.500. The van der Waals surface area contributed by atoms with Gasteiger partial charge in [0.15, 0.2) is 0 Å². The van der Waals surface area contributed by atoms with Gasteiger partial charge in [-0.2, -0.15) is 0 Å². The van der Waals surface area contributed by atoms with Gasteiger partial charge in [0.2, 0.25) is 0 Å². The Labute approximate surface area is 91.1 Å². The maximum Gasteiger partial charge on any atom is 0.00718 e. The molecule has 0 fully saturated rings. The van der Waals surface area contributed by atoms with E-state index in [1.807, 2.05) is 0 Å². The van der Waals surface area contributed by atoms with Gasteiger partial charge in [0.1, 0.15) is 0 Å². The van der Waals surface area contributed by atoms with E-state index >= 15 is 0 Å². The molecule has 0 saturated carbocycles. The average Bonchev–Trinajstić information content (AvgIpc) is 2.18. The molecule has 1 aromatic carbocycles. The van der Waals surface area contributed by atoms with Gasteiger partial charge in [-0.15, -0.1) is 11.8 Å². The van der Waals surface area contributed by atoms with Gasteiger partial charge in [0.25, 0.3) is 0 Å². The average molecular weight is 209 g/mol. The highest BCUT2D eigenvalue weighted by Gasteiger charge is 1.97. The van der Waals surface area contributed by atoms with Gasteiger partial charge in [0.05, 0.1) is 0 Å². The van der Waals surface area contributed by atoms with E-state index in [1.165, 1.54) is 16.9 Å². The molecular weight excluding hydrogens is 190 g/mol. The van der Waals surface area contributed by atoms with Gasteiger partial charge in [-0.1, -0.05) is 12.1 Å². The molecule has 0 aromatic heterocycles. The summed E-state index contributed by atoms with van der Waals surface area (Å²) in [5.74, 6) is 0. The first-order chi connectivity index (χ1) is 6.72. The predicted octanol–water partition coefficient (Wildman–Crippen LogP) is 3.08. The lowest BCUT2D eigenvalue weighted by atomic mass is 10.1. The van der Waals surface area contributed by atoms with E-state index in [1.54, 1.807) is 11.8 Å². The highest BCUT2D eigenvalue weighted by Crippen LogP contribution is 2.17. The number of hydrogen-bond donors (Lipinski definition) is 1. The standard InChI is InChI=1S/C12H19NS/c1-10(13)5-3-6-11-7-4-8-12(9-11)14-2/h4,7-10H,3,5-6,13H2,1-2H3. The molecule has 0 amide bonds. The molecule has 0 saturated heterocycles. The molecule has 14 heavy (non-hydrogen) atoms. The van der Waals surface area contributed by atoms with E-state index in [0.29, 0.717) is 6.04 Å². The van der Waals surface area contributed by atoms with Crippen LogP contribution < -0.4 is 5.73 Å². The molecule has 1 rings (SSSR count). The summed E-state index contributed by atoms with van der Waals surface area (Å²) in [5.41, 5.74) is 7.14. The summed E-state index contributed by atoms with van der Waals surface area (Å²) < 4.78 is 0. The van der Waals surface area contributed by atoms with Gasteiger partial charge in [-0.3, -0.25) is 0 Å². The Hall–Kier alpha value is -0.470. The number of benzene rings is 1. The first-order valence-electron chi connectivity index (χ1n) is 5.11. The maximum absolute atomic E-state index is 5.71. The van der Waals surface area contributed by atoms with Crippen LogP contribution in [0.3, 0.4) is 0 Å². The predicted molar refractivity (Wildman–Crippen MR) is 64.8 cm³/mol. The van der Waals surface area contributed by atoms with Gasteiger partial charge >= 0.3 is 0 Å². The third-order valence-corrected chi connectivity index (χ3v) is 2.98. The van der Waals surface area contributed by atoms with E-state index in [9.17, 15) is 0 Å². The first kappa shape index (κ1) is 11.6. The second-order valence-corrected chi connectivity index (χ2v) is 4.60. The fourth-order valence-corrected chi connectivity index (χ4v) is 1.94. The minimum atomic E-state index is 0.332. The van der Waals surface area contributed by atoms with Gasteiger partial charge in [-0.25, -0.2) is 0 Å². The van der Waals surface area contributed by atoms with Crippen LogP contribution in [0.15, 0.2) is 29.2 Å². The first-order valence-corrected chi connectivity index (χ1v) is 6.33. The summed E-state index contributed by atoms with van der Waals surface area (Å²) in [6, 6.07) is 9.08. The zero-order valence-corrected chi connectivity index (χ0v) is 9.81. The third kappa shape index (κ3) is 4.16. The summed E-state index contributed by atoms with van der Waals surface area (Å²) in [6.45, 7) is 2.07. The molecule has 1 nitrogen and oxygen atoms in total. The number of nitrogens with two attached hydrogens (primary N) is 1. The van der Waals surface area contributed by atoms with Gasteiger partial charge in [-0.05, 0) is 50.1 Å². The van der Waals surface area contributed by atoms with Crippen molar-refractivity contribution in [3.63, 3.8) is 0 Å². The lowest BCUT2D eigenvalue weighted by Gasteiger charge is -2.05. The Morgan fingerprint density at radius 3 is 2.86 bits per heavy atom. The van der Waals surface area contributed by atoms with Crippen molar-refractivity contribution >= 4 is 11.8 Å². The van der Waals surface area contributed by atoms with Crippen molar-refractivity contribution in [3.05, 3.63) is 29.8 Å². The second-order valence-electron chi connectivity index (χ2n) is 3.72. The topological polar surface area (TPSA) is 26.0 Å². The van der Waals surface area contributed by atoms with Crippen LogP contribution in [0.2, 0.25) is 0 Å². The molecule has 1 unspecified atom stereocenters. The molecule has 1 atom stereocenters. The van der Waals surface area contributed by atoms with E-state index in [0.717, 1.165) is 12.8 Å². The van der Waals surface area contributed by atoms with Gasteiger partial charge in [0, 0.05) is 10.9 Å². The molecule has 0 aliphatic carbocycles. The van der Waals surface area contributed by atoms with Crippen LogP contribution >= 0.6 is 11.8 Å². The van der Waals surface area contributed by atoms with Crippen LogP contribution in [0.25, 0.3) is 0 Å². The number of thioether (sulfide) groups is 1. The molecule has 1 aromatic rings. The van der Waals surface area contributed by atoms with Crippen molar-refractivity contribution in [2.45, 2.75) is 37.1 Å². The van der Waals surface area contributed by atoms with Crippen molar-refractivity contribution in [2.75, 3.05) is 6.26 Å². The molecule has 78 valence electrons. The van der Waals surface area contributed by atoms with Crippen LogP contribution in [-0.4, -0.2) is 12.3 Å². The van der Waals surface area contributed by atoms with Crippen molar-refractivity contribution in [1.82, 2.24) is 0 Å². The van der Waals surface area contributed by atoms with Crippen molar-refractivity contribution < 1.29 is 0 Å². The fourth-order valence-electron chi connectivity index (χ4n) is 1.46. The smallest absolute Gasteiger partial charge is 0.00718 e. The monoisotopic (exact) mass is 209 g/mol. The number of aryl methyl sites for hydroxylation is 1.